The van der Waals surface area contributed by atoms with Gasteiger partial charge in [0.05, 0.1) is 19.4 Å². The number of amides is 1. The van der Waals surface area contributed by atoms with E-state index in [2.05, 4.69) is 47.4 Å². The van der Waals surface area contributed by atoms with Gasteiger partial charge >= 0.3 is 6.01 Å². The highest BCUT2D eigenvalue weighted by molar-refractivity contribution is 5.86. The third-order valence-corrected chi connectivity index (χ3v) is 7.18. The lowest BCUT2D eigenvalue weighted by atomic mass is 9.80. The number of nitrogens with zero attached hydrogens (tertiary/aromatic N) is 4. The van der Waals surface area contributed by atoms with Gasteiger partial charge in [0.15, 0.2) is 6.10 Å². The predicted molar refractivity (Wildman–Crippen MR) is 126 cm³/mol. The Labute approximate surface area is 193 Å². The smallest absolute Gasteiger partial charge is 0.318 e. The van der Waals surface area contributed by atoms with E-state index in [9.17, 15) is 4.79 Å². The van der Waals surface area contributed by atoms with Crippen molar-refractivity contribution < 1.29 is 14.3 Å². The van der Waals surface area contributed by atoms with Crippen LogP contribution in [0.25, 0.3) is 10.8 Å². The third-order valence-electron chi connectivity index (χ3n) is 7.18. The lowest BCUT2D eigenvalue weighted by Crippen LogP contribution is -2.50. The standard InChI is InChI=1S/C26H28N4O3/c1-32-26-27-22-15-18(20-8-4-6-17-5-2-3-7-19(17)20)9-10-21(22)24(28-26)29-11-13-30(14-12-29)25(31)23-16-33-23/h2-8,18,23H,9-16H2,1H3. The van der Waals surface area contributed by atoms with Crippen LogP contribution in [0.2, 0.25) is 0 Å². The van der Waals surface area contributed by atoms with Gasteiger partial charge in [-0.1, -0.05) is 42.5 Å². The minimum absolute atomic E-state index is 0.120. The van der Waals surface area contributed by atoms with Crippen molar-refractivity contribution in [3.63, 3.8) is 0 Å². The molecule has 3 aliphatic rings. The van der Waals surface area contributed by atoms with E-state index in [1.165, 1.54) is 21.9 Å². The van der Waals surface area contributed by atoms with E-state index >= 15 is 0 Å². The van der Waals surface area contributed by atoms with Gasteiger partial charge in [-0.2, -0.15) is 9.97 Å². The minimum atomic E-state index is -0.213. The van der Waals surface area contributed by atoms with Crippen LogP contribution in [-0.4, -0.2) is 66.8 Å². The molecule has 6 rings (SSSR count). The Balaban J connectivity index is 1.27. The summed E-state index contributed by atoms with van der Waals surface area (Å²) in [5, 5.41) is 2.61. The lowest BCUT2D eigenvalue weighted by Gasteiger charge is -2.37. The number of benzene rings is 2. The molecule has 7 heteroatoms. The van der Waals surface area contributed by atoms with Gasteiger partial charge in [-0.05, 0) is 41.5 Å². The Morgan fingerprint density at radius 3 is 2.64 bits per heavy atom. The number of epoxide rings is 1. The molecule has 2 unspecified atom stereocenters. The molecule has 2 atom stereocenters. The van der Waals surface area contributed by atoms with Gasteiger partial charge in [-0.15, -0.1) is 0 Å². The Morgan fingerprint density at radius 1 is 1.06 bits per heavy atom. The van der Waals surface area contributed by atoms with Gasteiger partial charge in [-0.25, -0.2) is 0 Å². The van der Waals surface area contributed by atoms with Gasteiger partial charge in [0.2, 0.25) is 0 Å². The van der Waals surface area contributed by atoms with Crippen LogP contribution in [-0.2, 0) is 22.4 Å². The van der Waals surface area contributed by atoms with Gasteiger partial charge in [0, 0.05) is 31.7 Å². The van der Waals surface area contributed by atoms with Crippen LogP contribution in [0.4, 0.5) is 5.82 Å². The third kappa shape index (κ3) is 3.80. The average Bonchev–Trinajstić information content (AvgIpc) is 3.72. The predicted octanol–water partition coefficient (Wildman–Crippen LogP) is 2.96. The van der Waals surface area contributed by atoms with Gasteiger partial charge in [-0.3, -0.25) is 4.79 Å². The summed E-state index contributed by atoms with van der Waals surface area (Å²) in [6.07, 6.45) is 2.68. The van der Waals surface area contributed by atoms with E-state index in [-0.39, 0.29) is 12.0 Å². The van der Waals surface area contributed by atoms with Crippen LogP contribution in [0.15, 0.2) is 42.5 Å². The summed E-state index contributed by atoms with van der Waals surface area (Å²) in [6.45, 7) is 3.47. The molecular formula is C26H28N4O3. The zero-order chi connectivity index (χ0) is 22.4. The second-order valence-corrected chi connectivity index (χ2v) is 9.10. The quantitative estimate of drug-likeness (QED) is 0.577. The Morgan fingerprint density at radius 2 is 1.85 bits per heavy atom. The topological polar surface area (TPSA) is 71.1 Å². The zero-order valence-corrected chi connectivity index (χ0v) is 18.9. The van der Waals surface area contributed by atoms with Crippen molar-refractivity contribution in [1.29, 1.82) is 0 Å². The second-order valence-electron chi connectivity index (χ2n) is 9.10. The maximum absolute atomic E-state index is 12.3. The van der Waals surface area contributed by atoms with E-state index in [0.717, 1.165) is 43.9 Å². The number of carbonyl (C=O) groups is 1. The molecule has 3 aromatic rings. The summed E-state index contributed by atoms with van der Waals surface area (Å²) in [4.78, 5) is 26.1. The molecule has 2 saturated heterocycles. The molecular weight excluding hydrogens is 416 g/mol. The number of fused-ring (bicyclic) bond motifs is 2. The van der Waals surface area contributed by atoms with Crippen LogP contribution in [0, 0.1) is 0 Å². The molecule has 0 saturated carbocycles. The highest BCUT2D eigenvalue weighted by atomic mass is 16.6. The Hall–Kier alpha value is -3.19. The summed E-state index contributed by atoms with van der Waals surface area (Å²) in [7, 11) is 1.63. The van der Waals surface area contributed by atoms with Crippen molar-refractivity contribution in [3.05, 3.63) is 59.3 Å². The summed E-state index contributed by atoms with van der Waals surface area (Å²) in [5.74, 6) is 1.52. The number of ether oxygens (including phenoxy) is 2. The number of aromatic nitrogens is 2. The van der Waals surface area contributed by atoms with E-state index < -0.39 is 0 Å². The fourth-order valence-electron chi connectivity index (χ4n) is 5.33. The lowest BCUT2D eigenvalue weighted by molar-refractivity contribution is -0.132. The maximum Gasteiger partial charge on any atom is 0.318 e. The average molecular weight is 445 g/mol. The largest absolute Gasteiger partial charge is 0.467 e. The molecule has 33 heavy (non-hydrogen) atoms. The summed E-state index contributed by atoms with van der Waals surface area (Å²) >= 11 is 0. The van der Waals surface area contributed by atoms with Crippen molar-refractivity contribution in [2.24, 2.45) is 0 Å². The molecule has 0 spiro atoms. The first kappa shape index (κ1) is 20.4. The highest BCUT2D eigenvalue weighted by Gasteiger charge is 2.37. The number of rotatable bonds is 4. The molecule has 0 bridgehead atoms. The monoisotopic (exact) mass is 444 g/mol. The fourth-order valence-corrected chi connectivity index (χ4v) is 5.33. The van der Waals surface area contributed by atoms with Crippen molar-refractivity contribution in [2.75, 3.05) is 44.8 Å². The van der Waals surface area contributed by atoms with Gasteiger partial charge in [0.25, 0.3) is 5.91 Å². The van der Waals surface area contributed by atoms with Crippen molar-refractivity contribution in [1.82, 2.24) is 14.9 Å². The Kier molecular flexibility index (Phi) is 5.14. The SMILES string of the molecule is COc1nc2c(c(N3CCN(C(=O)C4CO4)CC3)n1)CCC(c1cccc3ccccc13)C2. The maximum atomic E-state index is 12.3. The second kappa shape index (κ2) is 8.30. The van der Waals surface area contributed by atoms with Crippen molar-refractivity contribution in [2.45, 2.75) is 31.3 Å². The molecule has 3 heterocycles. The molecule has 2 fully saturated rings. The molecule has 7 nitrogen and oxygen atoms in total. The highest BCUT2D eigenvalue weighted by Crippen LogP contribution is 2.39. The molecule has 2 aromatic carbocycles. The van der Waals surface area contributed by atoms with E-state index in [0.29, 0.717) is 31.6 Å². The van der Waals surface area contributed by atoms with Crippen LogP contribution < -0.4 is 9.64 Å². The molecule has 0 radical (unpaired) electrons. The fraction of sp³-hybridized carbons (Fsp3) is 0.423. The first-order valence-corrected chi connectivity index (χ1v) is 11.8. The Bertz CT molecular complexity index is 1200. The molecule has 0 N–H and O–H groups in total. The summed E-state index contributed by atoms with van der Waals surface area (Å²) < 4.78 is 10.7. The number of anilines is 1. The van der Waals surface area contributed by atoms with Crippen molar-refractivity contribution >= 4 is 22.5 Å². The van der Waals surface area contributed by atoms with E-state index in [4.69, 9.17) is 19.4 Å². The zero-order valence-electron chi connectivity index (χ0n) is 18.9. The van der Waals surface area contributed by atoms with Crippen LogP contribution in [0.5, 0.6) is 6.01 Å². The number of hydrogen-bond donors (Lipinski definition) is 0. The first-order chi connectivity index (χ1) is 16.2. The number of carbonyl (C=O) groups excluding carboxylic acids is 1. The molecule has 2 aliphatic heterocycles. The molecule has 1 amide bonds. The van der Waals surface area contributed by atoms with Gasteiger partial charge in [0.1, 0.15) is 5.82 Å². The molecule has 1 aliphatic carbocycles. The number of piperazine rings is 1. The van der Waals surface area contributed by atoms with Crippen LogP contribution in [0.3, 0.4) is 0 Å². The normalized spacial score (nSPS) is 22.2. The van der Waals surface area contributed by atoms with Gasteiger partial charge < -0.3 is 19.3 Å². The van der Waals surface area contributed by atoms with Crippen LogP contribution in [0.1, 0.15) is 29.2 Å². The minimum Gasteiger partial charge on any atom is -0.467 e. The van der Waals surface area contributed by atoms with Crippen molar-refractivity contribution in [3.8, 4) is 6.01 Å². The number of methoxy groups -OCH3 is 1. The van der Waals surface area contributed by atoms with E-state index in [1.54, 1.807) is 7.11 Å². The summed E-state index contributed by atoms with van der Waals surface area (Å²) in [5.41, 5.74) is 3.72. The summed E-state index contributed by atoms with van der Waals surface area (Å²) in [6, 6.07) is 15.6. The van der Waals surface area contributed by atoms with Crippen LogP contribution >= 0.6 is 0 Å². The number of hydrogen-bond acceptors (Lipinski definition) is 6. The molecule has 1 aromatic heterocycles. The van der Waals surface area contributed by atoms with E-state index in [1.807, 2.05) is 4.90 Å². The molecule has 170 valence electrons. The first-order valence-electron chi connectivity index (χ1n) is 11.8.